The number of carbonyl (C=O) groups excluding carboxylic acids is 2. The number of non-ortho nitro benzene ring substituents is 1. The van der Waals surface area contributed by atoms with Gasteiger partial charge in [0, 0.05) is 18.1 Å². The molecule has 2 saturated heterocycles. The highest BCUT2D eigenvalue weighted by Crippen LogP contribution is 2.52. The highest BCUT2D eigenvalue weighted by atomic mass is 16.6. The molecule has 2 aromatic carbocycles. The maximum Gasteiger partial charge on any atom is 0.271 e. The number of fused-ring (bicyclic) bond motifs is 3. The molecule has 3 aliphatic rings. The van der Waals surface area contributed by atoms with E-state index >= 15 is 0 Å². The molecule has 204 valence electrons. The highest BCUT2D eigenvalue weighted by molar-refractivity contribution is 6.22. The van der Waals surface area contributed by atoms with E-state index < -0.39 is 16.8 Å². The largest absolute Gasteiger partial charge is 0.508 e. The Balaban J connectivity index is 1.40. The van der Waals surface area contributed by atoms with Crippen LogP contribution in [-0.2, 0) is 14.3 Å². The predicted octanol–water partition coefficient (Wildman–Crippen LogP) is 6.05. The number of benzene rings is 2. The van der Waals surface area contributed by atoms with Crippen LogP contribution < -0.4 is 4.90 Å². The third-order valence-corrected chi connectivity index (χ3v) is 8.36. The number of amides is 2. The van der Waals surface area contributed by atoms with Gasteiger partial charge in [0.25, 0.3) is 5.69 Å². The SMILES string of the molecule is CC/C(=C\c1cccc(O)c1)CC[C@H]1OC[C@H]2C1=C(C(C)C)C[C@H]1C(=O)N(c3cccc([N+](=O)[O-])c3)C(=O)[C@H]12. The molecule has 2 heterocycles. The number of anilines is 1. The van der Waals surface area contributed by atoms with Gasteiger partial charge in [-0.2, -0.15) is 0 Å². The van der Waals surface area contributed by atoms with Crippen molar-refractivity contribution in [3.05, 3.63) is 80.9 Å². The number of phenolic OH excluding ortho intramolecular Hbond substituents is 1. The van der Waals surface area contributed by atoms with Gasteiger partial charge in [0.15, 0.2) is 0 Å². The Kier molecular flexibility index (Phi) is 7.40. The topological polar surface area (TPSA) is 110 Å². The van der Waals surface area contributed by atoms with Crippen molar-refractivity contribution >= 4 is 29.3 Å². The fourth-order valence-corrected chi connectivity index (χ4v) is 6.48. The average molecular weight is 531 g/mol. The molecule has 39 heavy (non-hydrogen) atoms. The number of aromatic hydroxyl groups is 1. The van der Waals surface area contributed by atoms with E-state index in [1.54, 1.807) is 18.2 Å². The van der Waals surface area contributed by atoms with Crippen LogP contribution in [0.25, 0.3) is 6.08 Å². The quantitative estimate of drug-likeness (QED) is 0.193. The first-order chi connectivity index (χ1) is 18.7. The van der Waals surface area contributed by atoms with Crippen molar-refractivity contribution in [2.75, 3.05) is 11.5 Å². The maximum absolute atomic E-state index is 13.7. The molecule has 8 heteroatoms. The second-order valence-corrected chi connectivity index (χ2v) is 11.0. The number of nitro benzene ring substituents is 1. The molecule has 0 spiro atoms. The third-order valence-electron chi connectivity index (χ3n) is 8.36. The molecule has 0 radical (unpaired) electrons. The molecule has 4 atom stereocenters. The number of nitro groups is 1. The zero-order valence-electron chi connectivity index (χ0n) is 22.5. The third kappa shape index (κ3) is 5.01. The van der Waals surface area contributed by atoms with Gasteiger partial charge in [-0.3, -0.25) is 19.7 Å². The van der Waals surface area contributed by atoms with E-state index in [0.717, 1.165) is 29.7 Å². The number of nitrogens with zero attached hydrogens (tertiary/aromatic N) is 2. The van der Waals surface area contributed by atoms with E-state index in [9.17, 15) is 24.8 Å². The monoisotopic (exact) mass is 530 g/mol. The molecular formula is C31H34N2O6. The van der Waals surface area contributed by atoms with Crippen LogP contribution in [-0.4, -0.2) is 34.6 Å². The first kappa shape index (κ1) is 26.8. The summed E-state index contributed by atoms with van der Waals surface area (Å²) < 4.78 is 6.33. The Labute approximate surface area is 228 Å². The van der Waals surface area contributed by atoms with Gasteiger partial charge in [-0.05, 0) is 60.9 Å². The van der Waals surface area contributed by atoms with Crippen molar-refractivity contribution in [3.63, 3.8) is 0 Å². The van der Waals surface area contributed by atoms with Gasteiger partial charge in [0.1, 0.15) is 5.75 Å². The van der Waals surface area contributed by atoms with Crippen LogP contribution in [0.2, 0.25) is 0 Å². The second-order valence-electron chi connectivity index (χ2n) is 11.0. The smallest absolute Gasteiger partial charge is 0.271 e. The molecule has 2 amide bonds. The van der Waals surface area contributed by atoms with Gasteiger partial charge in [-0.15, -0.1) is 0 Å². The lowest BCUT2D eigenvalue weighted by molar-refractivity contribution is -0.384. The van der Waals surface area contributed by atoms with Gasteiger partial charge in [-0.1, -0.05) is 56.2 Å². The van der Waals surface area contributed by atoms with E-state index in [0.29, 0.717) is 13.0 Å². The molecule has 5 rings (SSSR count). The maximum atomic E-state index is 13.7. The number of ether oxygens (including phenoxy) is 1. The first-order valence-electron chi connectivity index (χ1n) is 13.6. The highest BCUT2D eigenvalue weighted by Gasteiger charge is 2.57. The van der Waals surface area contributed by atoms with Crippen LogP contribution in [0.1, 0.15) is 52.0 Å². The number of allylic oxidation sites excluding steroid dienone is 2. The average Bonchev–Trinajstić information content (AvgIpc) is 3.44. The van der Waals surface area contributed by atoms with E-state index in [1.165, 1.54) is 34.9 Å². The zero-order chi connectivity index (χ0) is 27.8. The lowest BCUT2D eigenvalue weighted by Crippen LogP contribution is -2.35. The van der Waals surface area contributed by atoms with Crippen LogP contribution >= 0.6 is 0 Å². The van der Waals surface area contributed by atoms with Crippen molar-refractivity contribution in [1.29, 1.82) is 0 Å². The van der Waals surface area contributed by atoms with Gasteiger partial charge in [-0.25, -0.2) is 4.90 Å². The minimum Gasteiger partial charge on any atom is -0.508 e. The summed E-state index contributed by atoms with van der Waals surface area (Å²) in [6, 6.07) is 12.9. The number of carbonyl (C=O) groups is 2. The molecule has 0 aromatic heterocycles. The summed E-state index contributed by atoms with van der Waals surface area (Å²) in [5.41, 5.74) is 4.66. The Morgan fingerprint density at radius 2 is 1.92 bits per heavy atom. The molecule has 1 N–H and O–H groups in total. The van der Waals surface area contributed by atoms with Gasteiger partial charge >= 0.3 is 0 Å². The van der Waals surface area contributed by atoms with Crippen LogP contribution in [0.5, 0.6) is 5.75 Å². The molecule has 0 saturated carbocycles. The Hall–Kier alpha value is -3.78. The lowest BCUT2D eigenvalue weighted by atomic mass is 9.67. The standard InChI is InChI=1S/C31H34N2O6/c1-4-19(13-20-7-5-10-23(34)14-20)11-12-27-28-24(18(2)3)16-25-29(26(28)17-39-27)31(36)32(30(25)35)21-8-6-9-22(15-21)33(37)38/h5-10,13-15,18,25-27,29,34H,4,11-12,16-17H2,1-3H3/b19-13+/t25-,26+,27-,29-/m1/s1. The van der Waals surface area contributed by atoms with Crippen molar-refractivity contribution in [3.8, 4) is 5.75 Å². The number of rotatable bonds is 8. The Morgan fingerprint density at radius 1 is 1.15 bits per heavy atom. The first-order valence-corrected chi connectivity index (χ1v) is 13.6. The summed E-state index contributed by atoms with van der Waals surface area (Å²) in [5.74, 6) is -1.32. The fourth-order valence-electron chi connectivity index (χ4n) is 6.48. The van der Waals surface area contributed by atoms with E-state index in [4.69, 9.17) is 4.74 Å². The Morgan fingerprint density at radius 3 is 2.62 bits per heavy atom. The predicted molar refractivity (Wildman–Crippen MR) is 148 cm³/mol. The van der Waals surface area contributed by atoms with E-state index in [-0.39, 0.29) is 46.9 Å². The molecule has 2 aliphatic heterocycles. The number of hydrogen-bond donors (Lipinski definition) is 1. The normalized spacial score (nSPS) is 24.9. The van der Waals surface area contributed by atoms with Gasteiger partial charge < -0.3 is 9.84 Å². The molecule has 2 aromatic rings. The van der Waals surface area contributed by atoms with Gasteiger partial charge in [0.2, 0.25) is 11.8 Å². The lowest BCUT2D eigenvalue weighted by Gasteiger charge is -2.33. The van der Waals surface area contributed by atoms with Crippen molar-refractivity contribution < 1.29 is 24.4 Å². The van der Waals surface area contributed by atoms with Gasteiger partial charge in [0.05, 0.1) is 35.2 Å². The van der Waals surface area contributed by atoms with Crippen molar-refractivity contribution in [1.82, 2.24) is 0 Å². The molecule has 0 unspecified atom stereocenters. The number of phenols is 1. The Bertz CT molecular complexity index is 1380. The van der Waals surface area contributed by atoms with Crippen molar-refractivity contribution in [2.24, 2.45) is 23.7 Å². The second kappa shape index (κ2) is 10.8. The van der Waals surface area contributed by atoms with Crippen molar-refractivity contribution in [2.45, 2.75) is 52.6 Å². The molecule has 2 fully saturated rings. The molecule has 0 bridgehead atoms. The molecule has 8 nitrogen and oxygen atoms in total. The minimum absolute atomic E-state index is 0.123. The van der Waals surface area contributed by atoms with E-state index in [2.05, 4.69) is 26.8 Å². The molecular weight excluding hydrogens is 496 g/mol. The van der Waals surface area contributed by atoms with Crippen LogP contribution in [0.4, 0.5) is 11.4 Å². The summed E-state index contributed by atoms with van der Waals surface area (Å²) in [7, 11) is 0. The fraction of sp³-hybridized carbons (Fsp3) is 0.419. The zero-order valence-corrected chi connectivity index (χ0v) is 22.5. The number of hydrogen-bond acceptors (Lipinski definition) is 6. The summed E-state index contributed by atoms with van der Waals surface area (Å²) in [4.78, 5) is 39.2. The molecule has 1 aliphatic carbocycles. The van der Waals surface area contributed by atoms with Crippen LogP contribution in [0.15, 0.2) is 65.3 Å². The van der Waals surface area contributed by atoms with E-state index in [1.807, 2.05) is 12.1 Å². The number of imide groups is 1. The summed E-state index contributed by atoms with van der Waals surface area (Å²) in [6.45, 7) is 6.74. The van der Waals surface area contributed by atoms with Crippen LogP contribution in [0, 0.1) is 33.8 Å². The summed E-state index contributed by atoms with van der Waals surface area (Å²) in [6.07, 6.45) is 4.95. The summed E-state index contributed by atoms with van der Waals surface area (Å²) in [5, 5.41) is 21.1. The minimum atomic E-state index is -0.521. The summed E-state index contributed by atoms with van der Waals surface area (Å²) >= 11 is 0. The van der Waals surface area contributed by atoms with Crippen LogP contribution in [0.3, 0.4) is 0 Å².